The van der Waals surface area contributed by atoms with Crippen molar-refractivity contribution < 1.29 is 14.3 Å². The molecule has 1 spiro atoms. The number of halogens is 1. The van der Waals surface area contributed by atoms with Gasteiger partial charge in [-0.25, -0.2) is 9.78 Å². The van der Waals surface area contributed by atoms with Crippen LogP contribution in [0, 0.1) is 0 Å². The van der Waals surface area contributed by atoms with Crippen molar-refractivity contribution in [3.05, 3.63) is 22.8 Å². The summed E-state index contributed by atoms with van der Waals surface area (Å²) in [6.07, 6.45) is 1.57. The summed E-state index contributed by atoms with van der Waals surface area (Å²) in [5.41, 5.74) is -0.626. The number of hydrogen-bond acceptors (Lipinski definition) is 4. The number of imide groups is 1. The normalized spacial score (nSPS) is 29.6. The van der Waals surface area contributed by atoms with E-state index in [1.54, 1.807) is 6.07 Å². The number of urea groups is 1. The topological polar surface area (TPSA) is 80.3 Å². The summed E-state index contributed by atoms with van der Waals surface area (Å²) >= 11 is 5.90. The fourth-order valence-corrected chi connectivity index (χ4v) is 2.58. The Morgan fingerprint density at radius 1 is 1.56 bits per heavy atom. The Kier molecular flexibility index (Phi) is 2.25. The molecule has 0 unspecified atom stereocenters. The molecule has 7 heteroatoms. The fraction of sp³-hybridized carbons (Fsp3) is 0.364. The summed E-state index contributed by atoms with van der Waals surface area (Å²) in [6.45, 7) is 1.82. The van der Waals surface area contributed by atoms with Gasteiger partial charge in [0.15, 0.2) is 5.54 Å². The standard InChI is InChI=1S/C11H10ClN3O3/c1-5-3-11(9(16)14-10(17)15-11)7-2-6(12)4-13-8(7)18-5/h2,4-5H,3H2,1H3,(H2,14,15,16,17)/t5-,11-/m0/s1. The van der Waals surface area contributed by atoms with Gasteiger partial charge in [-0.1, -0.05) is 11.6 Å². The number of aromatic nitrogens is 1. The zero-order chi connectivity index (χ0) is 12.9. The SMILES string of the molecule is C[C@H]1C[C@]2(NC(=O)NC2=O)c2cc(Cl)cnc2O1. The first-order valence-corrected chi connectivity index (χ1v) is 5.85. The molecule has 18 heavy (non-hydrogen) atoms. The van der Waals surface area contributed by atoms with Crippen LogP contribution in [0.4, 0.5) is 4.79 Å². The zero-order valence-corrected chi connectivity index (χ0v) is 10.2. The molecule has 94 valence electrons. The van der Waals surface area contributed by atoms with Crippen LogP contribution in [0.3, 0.4) is 0 Å². The second kappa shape index (κ2) is 3.58. The lowest BCUT2D eigenvalue weighted by molar-refractivity contribution is -0.126. The molecular formula is C11H10ClN3O3. The number of carbonyl (C=O) groups excluding carboxylic acids is 2. The lowest BCUT2D eigenvalue weighted by atomic mass is 9.83. The van der Waals surface area contributed by atoms with E-state index in [4.69, 9.17) is 16.3 Å². The maximum Gasteiger partial charge on any atom is 0.322 e. The van der Waals surface area contributed by atoms with Crippen molar-refractivity contribution in [2.24, 2.45) is 0 Å². The molecule has 1 aromatic heterocycles. The summed E-state index contributed by atoms with van der Waals surface area (Å²) in [5.74, 6) is -0.0662. The molecule has 2 aliphatic rings. The molecular weight excluding hydrogens is 258 g/mol. The number of rotatable bonds is 0. The van der Waals surface area contributed by atoms with Crippen LogP contribution in [0.5, 0.6) is 5.88 Å². The van der Waals surface area contributed by atoms with Crippen LogP contribution < -0.4 is 15.4 Å². The van der Waals surface area contributed by atoms with Crippen LogP contribution in [-0.2, 0) is 10.3 Å². The number of nitrogens with one attached hydrogen (secondary N) is 2. The smallest absolute Gasteiger partial charge is 0.322 e. The highest BCUT2D eigenvalue weighted by Crippen LogP contribution is 2.40. The first kappa shape index (κ1) is 11.3. The highest BCUT2D eigenvalue weighted by molar-refractivity contribution is 6.30. The highest BCUT2D eigenvalue weighted by atomic mass is 35.5. The van der Waals surface area contributed by atoms with Crippen molar-refractivity contribution in [2.75, 3.05) is 0 Å². The van der Waals surface area contributed by atoms with Crippen molar-refractivity contribution in [1.29, 1.82) is 0 Å². The van der Waals surface area contributed by atoms with Crippen LogP contribution in [0.25, 0.3) is 0 Å². The Hall–Kier alpha value is -1.82. The molecule has 1 fully saturated rings. The second-order valence-electron chi connectivity index (χ2n) is 4.45. The van der Waals surface area contributed by atoms with Gasteiger partial charge in [0, 0.05) is 12.6 Å². The van der Waals surface area contributed by atoms with E-state index >= 15 is 0 Å². The molecule has 1 saturated heterocycles. The van der Waals surface area contributed by atoms with Crippen LogP contribution in [0.15, 0.2) is 12.3 Å². The largest absolute Gasteiger partial charge is 0.474 e. The molecule has 0 aromatic carbocycles. The monoisotopic (exact) mass is 267 g/mol. The Labute approximate surface area is 108 Å². The van der Waals surface area contributed by atoms with Gasteiger partial charge in [0.1, 0.15) is 6.10 Å². The van der Waals surface area contributed by atoms with E-state index in [9.17, 15) is 9.59 Å². The molecule has 2 aliphatic heterocycles. The summed E-state index contributed by atoms with van der Waals surface area (Å²) in [5, 5.41) is 5.29. The first-order valence-electron chi connectivity index (χ1n) is 5.47. The minimum atomic E-state index is -1.12. The molecule has 6 nitrogen and oxygen atoms in total. The lowest BCUT2D eigenvalue weighted by Gasteiger charge is -2.35. The summed E-state index contributed by atoms with van der Waals surface area (Å²) in [4.78, 5) is 27.5. The third-order valence-electron chi connectivity index (χ3n) is 3.13. The minimum Gasteiger partial charge on any atom is -0.474 e. The van der Waals surface area contributed by atoms with Crippen molar-refractivity contribution in [3.8, 4) is 5.88 Å². The molecule has 0 bridgehead atoms. The van der Waals surface area contributed by atoms with Crippen molar-refractivity contribution >= 4 is 23.5 Å². The van der Waals surface area contributed by atoms with Crippen LogP contribution in [-0.4, -0.2) is 23.0 Å². The van der Waals surface area contributed by atoms with E-state index in [1.165, 1.54) is 6.20 Å². The molecule has 0 aliphatic carbocycles. The van der Waals surface area contributed by atoms with Crippen molar-refractivity contribution in [2.45, 2.75) is 25.0 Å². The molecule has 0 radical (unpaired) electrons. The quantitative estimate of drug-likeness (QED) is 0.686. The number of ether oxygens (including phenoxy) is 1. The third kappa shape index (κ3) is 1.45. The van der Waals surface area contributed by atoms with Crippen LogP contribution >= 0.6 is 11.6 Å². The average Bonchev–Trinajstić information content (AvgIpc) is 2.55. The van der Waals surface area contributed by atoms with E-state index in [0.29, 0.717) is 22.9 Å². The lowest BCUT2D eigenvalue weighted by Crippen LogP contribution is -2.49. The van der Waals surface area contributed by atoms with Crippen LogP contribution in [0.2, 0.25) is 5.02 Å². The fourth-order valence-electron chi connectivity index (χ4n) is 2.42. The van der Waals surface area contributed by atoms with Gasteiger partial charge in [-0.05, 0) is 13.0 Å². The molecule has 2 N–H and O–H groups in total. The Balaban J connectivity index is 2.20. The molecule has 3 heterocycles. The van der Waals surface area contributed by atoms with Gasteiger partial charge in [-0.2, -0.15) is 0 Å². The number of hydrogen-bond donors (Lipinski definition) is 2. The number of carbonyl (C=O) groups is 2. The Bertz CT molecular complexity index is 562. The molecule has 3 rings (SSSR count). The number of pyridine rings is 1. The van der Waals surface area contributed by atoms with Gasteiger partial charge in [0.25, 0.3) is 5.91 Å². The maximum absolute atomic E-state index is 12.1. The second-order valence-corrected chi connectivity index (χ2v) is 4.89. The van der Waals surface area contributed by atoms with Gasteiger partial charge in [0.05, 0.1) is 10.6 Å². The number of amides is 3. The number of fused-ring (bicyclic) bond motifs is 2. The van der Waals surface area contributed by atoms with E-state index in [2.05, 4.69) is 15.6 Å². The number of nitrogens with zero attached hydrogens (tertiary/aromatic N) is 1. The van der Waals surface area contributed by atoms with Gasteiger partial charge in [-0.3, -0.25) is 10.1 Å². The molecule has 3 amide bonds. The zero-order valence-electron chi connectivity index (χ0n) is 9.49. The van der Waals surface area contributed by atoms with E-state index in [0.717, 1.165) is 0 Å². The average molecular weight is 268 g/mol. The van der Waals surface area contributed by atoms with Crippen molar-refractivity contribution in [3.63, 3.8) is 0 Å². The maximum atomic E-state index is 12.1. The first-order chi connectivity index (χ1) is 8.51. The molecule has 2 atom stereocenters. The van der Waals surface area contributed by atoms with Gasteiger partial charge < -0.3 is 10.1 Å². The highest BCUT2D eigenvalue weighted by Gasteiger charge is 2.53. The summed E-state index contributed by atoms with van der Waals surface area (Å²) in [6, 6.07) is 1.08. The van der Waals surface area contributed by atoms with E-state index in [1.807, 2.05) is 6.92 Å². The Morgan fingerprint density at radius 2 is 2.33 bits per heavy atom. The predicted molar refractivity (Wildman–Crippen MR) is 62.3 cm³/mol. The molecule has 1 aromatic rings. The Morgan fingerprint density at radius 3 is 3.00 bits per heavy atom. The molecule has 0 saturated carbocycles. The van der Waals surface area contributed by atoms with Gasteiger partial charge in [-0.15, -0.1) is 0 Å². The van der Waals surface area contributed by atoms with Gasteiger partial charge in [0.2, 0.25) is 5.88 Å². The van der Waals surface area contributed by atoms with Gasteiger partial charge >= 0.3 is 6.03 Å². The van der Waals surface area contributed by atoms with Crippen LogP contribution in [0.1, 0.15) is 18.9 Å². The minimum absolute atomic E-state index is 0.227. The predicted octanol–water partition coefficient (Wildman–Crippen LogP) is 0.941. The van der Waals surface area contributed by atoms with E-state index < -0.39 is 17.5 Å². The third-order valence-corrected chi connectivity index (χ3v) is 3.33. The summed E-state index contributed by atoms with van der Waals surface area (Å²) in [7, 11) is 0. The summed E-state index contributed by atoms with van der Waals surface area (Å²) < 4.78 is 5.56. The van der Waals surface area contributed by atoms with Crippen molar-refractivity contribution in [1.82, 2.24) is 15.6 Å². The van der Waals surface area contributed by atoms with E-state index in [-0.39, 0.29) is 6.10 Å².